The molecule has 3 heterocycles. The Kier molecular flexibility index (Phi) is 5.91. The van der Waals surface area contributed by atoms with Crippen LogP contribution in [0.5, 0.6) is 0 Å². The highest BCUT2D eigenvalue weighted by molar-refractivity contribution is 7.90. The number of rotatable bonds is 5. The average Bonchev–Trinajstić information content (AvgIpc) is 3.23. The van der Waals surface area contributed by atoms with Gasteiger partial charge in [0, 0.05) is 49.6 Å². The molecule has 4 rings (SSSR count). The van der Waals surface area contributed by atoms with E-state index in [1.807, 2.05) is 17.0 Å². The minimum absolute atomic E-state index is 0.0438. The summed E-state index contributed by atoms with van der Waals surface area (Å²) in [6.45, 7) is 4.12. The van der Waals surface area contributed by atoms with Crippen molar-refractivity contribution in [3.05, 3.63) is 51.2 Å². The van der Waals surface area contributed by atoms with Gasteiger partial charge in [-0.15, -0.1) is 11.3 Å². The Morgan fingerprint density at radius 2 is 1.90 bits per heavy atom. The highest BCUT2D eigenvalue weighted by Crippen LogP contribution is 2.23. The van der Waals surface area contributed by atoms with E-state index < -0.39 is 10.0 Å². The van der Waals surface area contributed by atoms with Crippen LogP contribution in [-0.2, 0) is 21.4 Å². The summed E-state index contributed by atoms with van der Waals surface area (Å²) in [5, 5.41) is 0. The van der Waals surface area contributed by atoms with Crippen LogP contribution in [0.15, 0.2) is 46.3 Å². The van der Waals surface area contributed by atoms with Crippen molar-refractivity contribution in [1.82, 2.24) is 14.5 Å². The lowest BCUT2D eigenvalue weighted by Crippen LogP contribution is -2.48. The molecule has 1 fully saturated rings. The van der Waals surface area contributed by atoms with E-state index in [2.05, 4.69) is 14.6 Å². The number of carbonyl (C=O) groups excluding carboxylic acids is 1. The number of amidine groups is 1. The fourth-order valence-electron chi connectivity index (χ4n) is 3.49. The summed E-state index contributed by atoms with van der Waals surface area (Å²) < 4.78 is 27.4. The van der Waals surface area contributed by atoms with Crippen LogP contribution < -0.4 is 4.72 Å². The Morgan fingerprint density at radius 1 is 1.14 bits per heavy atom. The quantitative estimate of drug-likeness (QED) is 0.753. The van der Waals surface area contributed by atoms with Crippen molar-refractivity contribution in [1.29, 1.82) is 0 Å². The van der Waals surface area contributed by atoms with Crippen LogP contribution in [0.4, 0.5) is 0 Å². The molecule has 1 aromatic heterocycles. The largest absolute Gasteiger partial charge is 0.340 e. The normalized spacial score (nSPS) is 19.9. The summed E-state index contributed by atoms with van der Waals surface area (Å²) in [6.07, 6.45) is 0.258. The number of halogens is 1. The molecule has 0 saturated carbocycles. The van der Waals surface area contributed by atoms with Crippen molar-refractivity contribution in [2.45, 2.75) is 17.9 Å². The molecule has 0 radical (unpaired) electrons. The number of fused-ring (bicyclic) bond motifs is 1. The molecule has 0 unspecified atom stereocenters. The van der Waals surface area contributed by atoms with Gasteiger partial charge in [-0.2, -0.15) is 0 Å². The first-order valence-corrected chi connectivity index (χ1v) is 12.0. The maximum absolute atomic E-state index is 12.5. The number of amides is 1. The zero-order chi connectivity index (χ0) is 20.4. The fraction of sp³-hybridized carbons (Fsp3) is 0.368. The molecule has 2 aliphatic rings. The lowest BCUT2D eigenvalue weighted by atomic mass is 10.2. The van der Waals surface area contributed by atoms with E-state index >= 15 is 0 Å². The summed E-state index contributed by atoms with van der Waals surface area (Å²) in [6, 6.07) is 10.7. The van der Waals surface area contributed by atoms with Gasteiger partial charge in [-0.1, -0.05) is 23.7 Å². The number of carbonyl (C=O) groups is 1. The van der Waals surface area contributed by atoms with E-state index in [0.717, 1.165) is 24.0 Å². The monoisotopic (exact) mass is 452 g/mol. The van der Waals surface area contributed by atoms with Gasteiger partial charge in [-0.3, -0.25) is 19.4 Å². The first-order chi connectivity index (χ1) is 13.9. The van der Waals surface area contributed by atoms with Crippen molar-refractivity contribution in [2.75, 3.05) is 32.7 Å². The van der Waals surface area contributed by atoms with Crippen LogP contribution >= 0.6 is 22.9 Å². The molecule has 2 aliphatic heterocycles. The Labute approximate surface area is 179 Å². The molecule has 0 spiro atoms. The molecule has 1 aromatic carbocycles. The topological polar surface area (TPSA) is 82.1 Å². The Bertz CT molecular complexity index is 1040. The van der Waals surface area contributed by atoms with Crippen molar-refractivity contribution in [2.24, 2.45) is 4.99 Å². The number of hydrogen-bond donors (Lipinski definition) is 1. The molecule has 0 bridgehead atoms. The summed E-state index contributed by atoms with van der Waals surface area (Å²) in [5.74, 6) is 0.357. The lowest BCUT2D eigenvalue weighted by Gasteiger charge is -2.34. The summed E-state index contributed by atoms with van der Waals surface area (Å²) in [5.41, 5.74) is 0.558. The second-order valence-electron chi connectivity index (χ2n) is 6.94. The molecule has 0 atom stereocenters. The molecule has 1 N–H and O–H groups in total. The SMILES string of the molecule is O=C(CCN=C1NS(=O)(=O)c2ccccc21)N1CCN(Cc2ccc(Cl)s2)CC1. The molecular formula is C19H21ClN4O3S2. The second-order valence-corrected chi connectivity index (χ2v) is 10.4. The van der Waals surface area contributed by atoms with Crippen molar-refractivity contribution in [3.63, 3.8) is 0 Å². The number of piperazine rings is 1. The van der Waals surface area contributed by atoms with Crippen LogP contribution in [0.25, 0.3) is 0 Å². The first-order valence-electron chi connectivity index (χ1n) is 9.33. The molecule has 7 nitrogen and oxygen atoms in total. The highest BCUT2D eigenvalue weighted by atomic mass is 35.5. The molecule has 10 heteroatoms. The van der Waals surface area contributed by atoms with Crippen molar-refractivity contribution >= 4 is 44.7 Å². The summed E-state index contributed by atoms with van der Waals surface area (Å²) in [7, 11) is -3.55. The van der Waals surface area contributed by atoms with Crippen LogP contribution in [0.3, 0.4) is 0 Å². The van der Waals surface area contributed by atoms with Gasteiger partial charge in [-0.25, -0.2) is 8.42 Å². The van der Waals surface area contributed by atoms with Crippen molar-refractivity contribution < 1.29 is 13.2 Å². The van der Waals surface area contributed by atoms with Gasteiger partial charge in [0.2, 0.25) is 5.91 Å². The van der Waals surface area contributed by atoms with E-state index in [0.29, 0.717) is 24.5 Å². The maximum Gasteiger partial charge on any atom is 0.263 e. The first kappa shape index (κ1) is 20.3. The van der Waals surface area contributed by atoms with Crippen LogP contribution in [0, 0.1) is 0 Å². The smallest absolute Gasteiger partial charge is 0.263 e. The van der Waals surface area contributed by atoms with E-state index in [9.17, 15) is 13.2 Å². The molecular weight excluding hydrogens is 432 g/mol. The average molecular weight is 453 g/mol. The molecule has 1 saturated heterocycles. The third kappa shape index (κ3) is 4.63. The van der Waals surface area contributed by atoms with E-state index in [-0.39, 0.29) is 23.8 Å². The highest BCUT2D eigenvalue weighted by Gasteiger charge is 2.30. The minimum atomic E-state index is -3.55. The van der Waals surface area contributed by atoms with Gasteiger partial charge in [0.05, 0.1) is 15.8 Å². The molecule has 2 aromatic rings. The molecule has 154 valence electrons. The third-order valence-corrected chi connectivity index (χ3v) is 7.60. The van der Waals surface area contributed by atoms with Crippen LogP contribution in [0.2, 0.25) is 4.34 Å². The Hall–Kier alpha value is -1.94. The number of thiophene rings is 1. The zero-order valence-corrected chi connectivity index (χ0v) is 18.1. The van der Waals surface area contributed by atoms with Gasteiger partial charge in [0.15, 0.2) is 0 Å². The number of nitrogens with one attached hydrogen (secondary N) is 1. The lowest BCUT2D eigenvalue weighted by molar-refractivity contribution is -0.132. The van der Waals surface area contributed by atoms with Gasteiger partial charge >= 0.3 is 0 Å². The summed E-state index contributed by atoms with van der Waals surface area (Å²) in [4.78, 5) is 22.4. The number of hydrogen-bond acceptors (Lipinski definition) is 6. The zero-order valence-electron chi connectivity index (χ0n) is 15.7. The second kappa shape index (κ2) is 8.43. The molecule has 0 aliphatic carbocycles. The molecule has 29 heavy (non-hydrogen) atoms. The maximum atomic E-state index is 12.5. The number of nitrogens with zero attached hydrogens (tertiary/aromatic N) is 3. The third-order valence-electron chi connectivity index (χ3n) is 4.99. The number of sulfonamides is 1. The Morgan fingerprint density at radius 3 is 2.62 bits per heavy atom. The van der Waals surface area contributed by atoms with Crippen molar-refractivity contribution in [3.8, 4) is 0 Å². The predicted octanol–water partition coefficient (Wildman–Crippen LogP) is 2.17. The van der Waals surface area contributed by atoms with E-state index in [1.165, 1.54) is 4.88 Å². The Balaban J connectivity index is 1.27. The summed E-state index contributed by atoms with van der Waals surface area (Å²) >= 11 is 7.57. The standard InChI is InChI=1S/C19H21ClN4O3S2/c20-17-6-5-14(28-17)13-23-9-11-24(12-10-23)18(25)7-8-21-19-15-3-1-2-4-16(15)29(26,27)22-19/h1-6H,7-13H2,(H,21,22). The van der Waals surface area contributed by atoms with Gasteiger partial charge in [-0.05, 0) is 24.3 Å². The van der Waals surface area contributed by atoms with Crippen LogP contribution in [-0.4, -0.2) is 62.7 Å². The van der Waals surface area contributed by atoms with Crippen LogP contribution in [0.1, 0.15) is 16.9 Å². The van der Waals surface area contributed by atoms with Gasteiger partial charge < -0.3 is 4.90 Å². The minimum Gasteiger partial charge on any atom is -0.340 e. The molecule has 1 amide bonds. The van der Waals surface area contributed by atoms with Gasteiger partial charge in [0.1, 0.15) is 5.84 Å². The predicted molar refractivity (Wildman–Crippen MR) is 114 cm³/mol. The van der Waals surface area contributed by atoms with E-state index in [4.69, 9.17) is 11.6 Å². The van der Waals surface area contributed by atoms with E-state index in [1.54, 1.807) is 35.6 Å². The van der Waals surface area contributed by atoms with Gasteiger partial charge in [0.25, 0.3) is 10.0 Å². The number of aliphatic imine (C=N–C) groups is 1. The number of benzene rings is 1. The fourth-order valence-corrected chi connectivity index (χ4v) is 5.87.